The zero-order valence-electron chi connectivity index (χ0n) is 13.1. The molecule has 2 aromatic rings. The van der Waals surface area contributed by atoms with E-state index in [1.807, 2.05) is 0 Å². The van der Waals surface area contributed by atoms with E-state index in [9.17, 15) is 17.6 Å². The number of nitrogens with zero attached hydrogens (tertiary/aromatic N) is 3. The van der Waals surface area contributed by atoms with Crippen LogP contribution in [0.2, 0.25) is 5.02 Å². The molecule has 1 fully saturated rings. The normalized spacial score (nSPS) is 16.0. The van der Waals surface area contributed by atoms with Gasteiger partial charge in [-0.2, -0.15) is 4.31 Å². The van der Waals surface area contributed by atoms with E-state index in [0.717, 1.165) is 0 Å². The highest BCUT2D eigenvalue weighted by atomic mass is 35.5. The zero-order chi connectivity index (χ0) is 18.0. The van der Waals surface area contributed by atoms with Crippen LogP contribution in [0.3, 0.4) is 0 Å². The number of carbonyl (C=O) groups is 1. The van der Waals surface area contributed by atoms with Gasteiger partial charge in [0, 0.05) is 37.9 Å². The van der Waals surface area contributed by atoms with Gasteiger partial charge in [0.05, 0.1) is 5.02 Å². The van der Waals surface area contributed by atoms with Gasteiger partial charge in [-0.25, -0.2) is 17.8 Å². The number of piperazine rings is 1. The molecule has 1 aromatic carbocycles. The quantitative estimate of drug-likeness (QED) is 0.813. The van der Waals surface area contributed by atoms with Gasteiger partial charge < -0.3 is 4.90 Å². The second-order valence-corrected chi connectivity index (χ2v) is 7.84. The number of halogens is 2. The first kappa shape index (κ1) is 17.8. The average molecular weight is 384 g/mol. The van der Waals surface area contributed by atoms with Gasteiger partial charge in [0.15, 0.2) is 5.03 Å². The average Bonchev–Trinajstić information content (AvgIpc) is 2.62. The summed E-state index contributed by atoms with van der Waals surface area (Å²) >= 11 is 5.73. The minimum atomic E-state index is -3.72. The second-order valence-electron chi connectivity index (χ2n) is 5.52. The number of aromatic nitrogens is 1. The molecule has 0 spiro atoms. The molecule has 0 aliphatic carbocycles. The van der Waals surface area contributed by atoms with Gasteiger partial charge in [-0.05, 0) is 36.4 Å². The third kappa shape index (κ3) is 3.81. The predicted molar refractivity (Wildman–Crippen MR) is 90.3 cm³/mol. The molecule has 1 amide bonds. The molecule has 2 heterocycles. The number of benzene rings is 1. The lowest BCUT2D eigenvalue weighted by Gasteiger charge is -2.33. The van der Waals surface area contributed by atoms with Gasteiger partial charge in [-0.3, -0.25) is 4.79 Å². The molecule has 1 aliphatic rings. The van der Waals surface area contributed by atoms with Crippen LogP contribution in [-0.2, 0) is 10.0 Å². The fourth-order valence-corrected chi connectivity index (χ4v) is 4.00. The molecule has 1 saturated heterocycles. The molecule has 3 rings (SSSR count). The molecule has 0 saturated carbocycles. The molecule has 132 valence electrons. The molecule has 1 aliphatic heterocycles. The topological polar surface area (TPSA) is 70.6 Å². The van der Waals surface area contributed by atoms with Crippen molar-refractivity contribution >= 4 is 27.5 Å². The molecular weight excluding hydrogens is 369 g/mol. The molecule has 0 unspecified atom stereocenters. The summed E-state index contributed by atoms with van der Waals surface area (Å²) < 4.78 is 39.4. The van der Waals surface area contributed by atoms with Crippen LogP contribution in [-0.4, -0.2) is 54.7 Å². The summed E-state index contributed by atoms with van der Waals surface area (Å²) in [6.45, 7) is 0.838. The van der Waals surface area contributed by atoms with Gasteiger partial charge in [0.2, 0.25) is 0 Å². The van der Waals surface area contributed by atoms with E-state index in [2.05, 4.69) is 4.98 Å². The number of sulfonamides is 1. The fraction of sp³-hybridized carbons (Fsp3) is 0.250. The van der Waals surface area contributed by atoms with Crippen LogP contribution in [0.25, 0.3) is 0 Å². The van der Waals surface area contributed by atoms with Crippen molar-refractivity contribution < 1.29 is 17.6 Å². The number of carbonyl (C=O) groups excluding carboxylic acids is 1. The van der Waals surface area contributed by atoms with Crippen LogP contribution in [0.5, 0.6) is 0 Å². The van der Waals surface area contributed by atoms with Crippen molar-refractivity contribution in [1.82, 2.24) is 14.2 Å². The largest absolute Gasteiger partial charge is 0.336 e. The fourth-order valence-electron chi connectivity index (χ4n) is 2.55. The van der Waals surface area contributed by atoms with Crippen molar-refractivity contribution in [3.63, 3.8) is 0 Å². The van der Waals surface area contributed by atoms with Crippen molar-refractivity contribution in [2.45, 2.75) is 5.03 Å². The lowest BCUT2D eigenvalue weighted by Crippen LogP contribution is -2.50. The van der Waals surface area contributed by atoms with Crippen molar-refractivity contribution in [2.24, 2.45) is 0 Å². The van der Waals surface area contributed by atoms with Gasteiger partial charge in [0.25, 0.3) is 15.9 Å². The molecule has 0 N–H and O–H groups in total. The Morgan fingerprint density at radius 2 is 1.68 bits per heavy atom. The Kier molecular flexibility index (Phi) is 5.03. The lowest BCUT2D eigenvalue weighted by molar-refractivity contribution is 0.0697. The van der Waals surface area contributed by atoms with Crippen molar-refractivity contribution in [3.05, 3.63) is 59.0 Å². The summed E-state index contributed by atoms with van der Waals surface area (Å²) in [5.74, 6) is -0.662. The third-order valence-corrected chi connectivity index (χ3v) is 5.96. The Morgan fingerprint density at radius 3 is 2.24 bits per heavy atom. The van der Waals surface area contributed by atoms with Crippen molar-refractivity contribution in [1.29, 1.82) is 0 Å². The summed E-state index contributed by atoms with van der Waals surface area (Å²) in [5, 5.41) is 0.281. The molecule has 0 radical (unpaired) electrons. The smallest absolute Gasteiger partial charge is 0.260 e. The monoisotopic (exact) mass is 383 g/mol. The SMILES string of the molecule is O=C(c1ccc(F)cc1)N1CCN(S(=O)(=O)c2ccc(Cl)cn2)CC1. The Labute approximate surface area is 149 Å². The minimum absolute atomic E-state index is 0.0739. The maximum atomic E-state index is 12.9. The molecule has 25 heavy (non-hydrogen) atoms. The zero-order valence-corrected chi connectivity index (χ0v) is 14.7. The van der Waals surface area contributed by atoms with Gasteiger partial charge in [0.1, 0.15) is 5.82 Å². The Balaban J connectivity index is 1.68. The van der Waals surface area contributed by atoms with E-state index < -0.39 is 15.8 Å². The summed E-state index contributed by atoms with van der Waals surface area (Å²) in [5.41, 5.74) is 0.372. The highest BCUT2D eigenvalue weighted by Crippen LogP contribution is 2.18. The molecule has 6 nitrogen and oxygen atoms in total. The molecule has 1 aromatic heterocycles. The van der Waals surface area contributed by atoms with Gasteiger partial charge >= 0.3 is 0 Å². The maximum absolute atomic E-state index is 12.9. The van der Waals surface area contributed by atoms with E-state index >= 15 is 0 Å². The predicted octanol–water partition coefficient (Wildman–Crippen LogP) is 2.02. The minimum Gasteiger partial charge on any atom is -0.336 e. The first-order valence-electron chi connectivity index (χ1n) is 7.54. The Hall–Kier alpha value is -2.03. The maximum Gasteiger partial charge on any atom is 0.260 e. The van der Waals surface area contributed by atoms with Crippen LogP contribution in [0.15, 0.2) is 47.6 Å². The van der Waals surface area contributed by atoms with Crippen LogP contribution in [0, 0.1) is 5.82 Å². The number of pyridine rings is 1. The van der Waals surface area contributed by atoms with Crippen molar-refractivity contribution in [3.8, 4) is 0 Å². The van der Waals surface area contributed by atoms with E-state index in [1.165, 1.54) is 46.9 Å². The van der Waals surface area contributed by atoms with Crippen molar-refractivity contribution in [2.75, 3.05) is 26.2 Å². The molecule has 0 atom stereocenters. The summed E-state index contributed by atoms with van der Waals surface area (Å²) in [4.78, 5) is 17.8. The first-order valence-corrected chi connectivity index (χ1v) is 9.36. The number of rotatable bonds is 3. The van der Waals surface area contributed by atoms with E-state index in [1.54, 1.807) is 4.90 Å². The van der Waals surface area contributed by atoms with E-state index in [4.69, 9.17) is 11.6 Å². The van der Waals surface area contributed by atoms with Gasteiger partial charge in [-0.1, -0.05) is 11.6 Å². The number of hydrogen-bond donors (Lipinski definition) is 0. The van der Waals surface area contributed by atoms with E-state index in [0.29, 0.717) is 10.6 Å². The molecule has 9 heteroatoms. The standard InChI is InChI=1S/C16H15ClFN3O3S/c17-13-3-6-15(19-11-13)25(23,24)21-9-7-20(8-10-21)16(22)12-1-4-14(18)5-2-12/h1-6,11H,7-10H2. The number of amides is 1. The highest BCUT2D eigenvalue weighted by molar-refractivity contribution is 7.89. The lowest BCUT2D eigenvalue weighted by atomic mass is 10.2. The first-order chi connectivity index (χ1) is 11.9. The summed E-state index contributed by atoms with van der Waals surface area (Å²) in [7, 11) is -3.72. The Morgan fingerprint density at radius 1 is 1.04 bits per heavy atom. The third-order valence-electron chi connectivity index (χ3n) is 3.92. The highest BCUT2D eigenvalue weighted by Gasteiger charge is 2.31. The number of hydrogen-bond acceptors (Lipinski definition) is 4. The van der Waals surface area contributed by atoms with Crippen LogP contribution >= 0.6 is 11.6 Å². The molecule has 0 bridgehead atoms. The van der Waals surface area contributed by atoms with Crippen LogP contribution in [0.1, 0.15) is 10.4 Å². The summed E-state index contributed by atoms with van der Waals surface area (Å²) in [6.07, 6.45) is 1.28. The molecular formula is C16H15ClFN3O3S. The van der Waals surface area contributed by atoms with Gasteiger partial charge in [-0.15, -0.1) is 0 Å². The van der Waals surface area contributed by atoms with E-state index in [-0.39, 0.29) is 37.1 Å². The van der Waals surface area contributed by atoms with Crippen LogP contribution in [0.4, 0.5) is 4.39 Å². The summed E-state index contributed by atoms with van der Waals surface area (Å²) in [6, 6.07) is 8.10. The second kappa shape index (κ2) is 7.07. The van der Waals surface area contributed by atoms with Crippen LogP contribution < -0.4 is 0 Å². The Bertz CT molecular complexity index is 865.